The van der Waals surface area contributed by atoms with Crippen molar-refractivity contribution in [3.05, 3.63) is 52.7 Å². The standard InChI is InChI=1S/C13H12ClN3O/c1-9-2-4-10(5-3-9)8-13(18)15-12-7-6-11(14)16-17-12/h2-7H,8H2,1H3,(H,15,17,18). The zero-order chi connectivity index (χ0) is 13.0. The summed E-state index contributed by atoms with van der Waals surface area (Å²) < 4.78 is 0. The third kappa shape index (κ3) is 3.53. The number of hydrogen-bond donors (Lipinski definition) is 1. The maximum Gasteiger partial charge on any atom is 0.229 e. The summed E-state index contributed by atoms with van der Waals surface area (Å²) in [7, 11) is 0. The number of carbonyl (C=O) groups is 1. The molecular formula is C13H12ClN3O. The maximum absolute atomic E-state index is 11.7. The van der Waals surface area contributed by atoms with E-state index < -0.39 is 0 Å². The molecule has 0 saturated heterocycles. The number of aromatic nitrogens is 2. The van der Waals surface area contributed by atoms with Crippen LogP contribution < -0.4 is 5.32 Å². The molecule has 0 aliphatic rings. The molecule has 4 nitrogen and oxygen atoms in total. The van der Waals surface area contributed by atoms with Crippen molar-refractivity contribution in [1.82, 2.24) is 10.2 Å². The number of anilines is 1. The van der Waals surface area contributed by atoms with E-state index in [-0.39, 0.29) is 5.91 Å². The van der Waals surface area contributed by atoms with Crippen LogP contribution in [0.4, 0.5) is 5.82 Å². The first-order valence-corrected chi connectivity index (χ1v) is 5.86. The molecule has 1 aromatic carbocycles. The lowest BCUT2D eigenvalue weighted by molar-refractivity contribution is -0.115. The van der Waals surface area contributed by atoms with Crippen molar-refractivity contribution >= 4 is 23.3 Å². The van der Waals surface area contributed by atoms with Gasteiger partial charge in [0.2, 0.25) is 5.91 Å². The fourth-order valence-electron chi connectivity index (χ4n) is 1.46. The highest BCUT2D eigenvalue weighted by Crippen LogP contribution is 2.08. The molecule has 0 radical (unpaired) electrons. The van der Waals surface area contributed by atoms with Crippen LogP contribution in [0.1, 0.15) is 11.1 Å². The second-order valence-corrected chi connectivity index (χ2v) is 4.34. The smallest absolute Gasteiger partial charge is 0.229 e. The Morgan fingerprint density at radius 3 is 2.50 bits per heavy atom. The van der Waals surface area contributed by atoms with Gasteiger partial charge in [-0.2, -0.15) is 0 Å². The van der Waals surface area contributed by atoms with Crippen LogP contribution in [0.15, 0.2) is 36.4 Å². The van der Waals surface area contributed by atoms with Crippen molar-refractivity contribution in [3.63, 3.8) is 0 Å². The van der Waals surface area contributed by atoms with Gasteiger partial charge < -0.3 is 5.32 Å². The van der Waals surface area contributed by atoms with Crippen LogP contribution in [-0.4, -0.2) is 16.1 Å². The lowest BCUT2D eigenvalue weighted by Gasteiger charge is -2.04. The monoisotopic (exact) mass is 261 g/mol. The van der Waals surface area contributed by atoms with Gasteiger partial charge >= 0.3 is 0 Å². The van der Waals surface area contributed by atoms with E-state index in [1.807, 2.05) is 31.2 Å². The Balaban J connectivity index is 1.96. The zero-order valence-electron chi connectivity index (χ0n) is 9.85. The Morgan fingerprint density at radius 2 is 1.89 bits per heavy atom. The average molecular weight is 262 g/mol. The minimum atomic E-state index is -0.129. The molecule has 0 aliphatic carbocycles. The van der Waals surface area contributed by atoms with Gasteiger partial charge in [-0.05, 0) is 24.6 Å². The molecule has 2 aromatic rings. The van der Waals surface area contributed by atoms with E-state index in [9.17, 15) is 4.79 Å². The van der Waals surface area contributed by atoms with Gasteiger partial charge in [0.05, 0.1) is 6.42 Å². The highest BCUT2D eigenvalue weighted by atomic mass is 35.5. The molecular weight excluding hydrogens is 250 g/mol. The van der Waals surface area contributed by atoms with Crippen LogP contribution >= 0.6 is 11.6 Å². The summed E-state index contributed by atoms with van der Waals surface area (Å²) in [6.45, 7) is 2.01. The van der Waals surface area contributed by atoms with Crippen molar-refractivity contribution in [2.24, 2.45) is 0 Å². The number of aryl methyl sites for hydroxylation is 1. The lowest BCUT2D eigenvalue weighted by atomic mass is 10.1. The summed E-state index contributed by atoms with van der Waals surface area (Å²) in [6.07, 6.45) is 0.310. The van der Waals surface area contributed by atoms with Gasteiger partial charge in [-0.1, -0.05) is 41.4 Å². The first kappa shape index (κ1) is 12.5. The van der Waals surface area contributed by atoms with Crippen LogP contribution in [0.25, 0.3) is 0 Å². The van der Waals surface area contributed by atoms with E-state index >= 15 is 0 Å². The summed E-state index contributed by atoms with van der Waals surface area (Å²) in [4.78, 5) is 11.7. The van der Waals surface area contributed by atoms with Crippen molar-refractivity contribution < 1.29 is 4.79 Å². The molecule has 0 bridgehead atoms. The van der Waals surface area contributed by atoms with E-state index in [0.717, 1.165) is 5.56 Å². The van der Waals surface area contributed by atoms with Crippen LogP contribution in [0.3, 0.4) is 0 Å². The third-order valence-corrected chi connectivity index (χ3v) is 2.59. The van der Waals surface area contributed by atoms with Crippen LogP contribution in [0.5, 0.6) is 0 Å². The Morgan fingerprint density at radius 1 is 1.17 bits per heavy atom. The number of carbonyl (C=O) groups excluding carboxylic acids is 1. The zero-order valence-corrected chi connectivity index (χ0v) is 10.6. The first-order valence-electron chi connectivity index (χ1n) is 5.48. The fraction of sp³-hybridized carbons (Fsp3) is 0.154. The molecule has 1 N–H and O–H groups in total. The molecule has 2 rings (SSSR count). The molecule has 0 unspecified atom stereocenters. The molecule has 92 valence electrons. The summed E-state index contributed by atoms with van der Waals surface area (Å²) in [6, 6.07) is 11.0. The molecule has 1 aromatic heterocycles. The summed E-state index contributed by atoms with van der Waals surface area (Å²) >= 11 is 5.61. The molecule has 1 amide bonds. The van der Waals surface area contributed by atoms with Gasteiger partial charge in [0.25, 0.3) is 0 Å². The van der Waals surface area contributed by atoms with Crippen LogP contribution in [0, 0.1) is 6.92 Å². The molecule has 1 heterocycles. The van der Waals surface area contributed by atoms with Gasteiger partial charge in [-0.15, -0.1) is 10.2 Å². The molecule has 0 fully saturated rings. The van der Waals surface area contributed by atoms with E-state index in [2.05, 4.69) is 15.5 Å². The Labute approximate surface area is 110 Å². The lowest BCUT2D eigenvalue weighted by Crippen LogP contribution is -2.15. The van der Waals surface area contributed by atoms with Gasteiger partial charge in [0.15, 0.2) is 11.0 Å². The Kier molecular flexibility index (Phi) is 3.89. The summed E-state index contributed by atoms with van der Waals surface area (Å²) in [5.41, 5.74) is 2.13. The predicted octanol–water partition coefficient (Wildman–Crippen LogP) is 2.62. The normalized spacial score (nSPS) is 10.1. The van der Waals surface area contributed by atoms with E-state index in [1.54, 1.807) is 12.1 Å². The topological polar surface area (TPSA) is 54.9 Å². The van der Waals surface area contributed by atoms with Gasteiger partial charge in [0.1, 0.15) is 0 Å². The van der Waals surface area contributed by atoms with Crippen molar-refractivity contribution in [3.8, 4) is 0 Å². The summed E-state index contributed by atoms with van der Waals surface area (Å²) in [5.74, 6) is 0.270. The molecule has 0 spiro atoms. The second kappa shape index (κ2) is 5.60. The number of benzene rings is 1. The van der Waals surface area contributed by atoms with Crippen LogP contribution in [-0.2, 0) is 11.2 Å². The van der Waals surface area contributed by atoms with Crippen molar-refractivity contribution in [1.29, 1.82) is 0 Å². The Bertz CT molecular complexity index is 488. The fourth-order valence-corrected chi connectivity index (χ4v) is 1.56. The maximum atomic E-state index is 11.7. The molecule has 0 atom stereocenters. The number of nitrogens with zero attached hydrogens (tertiary/aromatic N) is 2. The van der Waals surface area contributed by atoms with E-state index in [0.29, 0.717) is 17.4 Å². The SMILES string of the molecule is Cc1ccc(CC(=O)Nc2ccc(Cl)nn2)cc1. The number of amides is 1. The predicted molar refractivity (Wildman–Crippen MR) is 70.6 cm³/mol. The molecule has 18 heavy (non-hydrogen) atoms. The van der Waals surface area contributed by atoms with E-state index in [1.165, 1.54) is 5.56 Å². The minimum Gasteiger partial charge on any atom is -0.309 e. The van der Waals surface area contributed by atoms with E-state index in [4.69, 9.17) is 11.6 Å². The number of nitrogens with one attached hydrogen (secondary N) is 1. The minimum absolute atomic E-state index is 0.129. The van der Waals surface area contributed by atoms with Crippen molar-refractivity contribution in [2.75, 3.05) is 5.32 Å². The Hall–Kier alpha value is -1.94. The largest absolute Gasteiger partial charge is 0.309 e. The molecule has 5 heteroatoms. The molecule has 0 aliphatic heterocycles. The average Bonchev–Trinajstić information content (AvgIpc) is 2.35. The van der Waals surface area contributed by atoms with Gasteiger partial charge in [0, 0.05) is 0 Å². The summed E-state index contributed by atoms with van der Waals surface area (Å²) in [5, 5.41) is 10.4. The number of hydrogen-bond acceptors (Lipinski definition) is 3. The van der Waals surface area contributed by atoms with Gasteiger partial charge in [-0.25, -0.2) is 0 Å². The van der Waals surface area contributed by atoms with Gasteiger partial charge in [-0.3, -0.25) is 4.79 Å². The number of halogens is 1. The third-order valence-electron chi connectivity index (χ3n) is 2.38. The van der Waals surface area contributed by atoms with Crippen LogP contribution in [0.2, 0.25) is 5.15 Å². The highest BCUT2D eigenvalue weighted by molar-refractivity contribution is 6.29. The van der Waals surface area contributed by atoms with Crippen molar-refractivity contribution in [2.45, 2.75) is 13.3 Å². The quantitative estimate of drug-likeness (QED) is 0.924. The second-order valence-electron chi connectivity index (χ2n) is 3.95. The first-order chi connectivity index (χ1) is 8.63. The number of rotatable bonds is 3. The molecule has 0 saturated carbocycles. The highest BCUT2D eigenvalue weighted by Gasteiger charge is 2.05.